The first-order chi connectivity index (χ1) is 12.5. The molecule has 3 rings (SSSR count). The number of phenols is 1. The number of likely N-dealkylation sites (tertiary alicyclic amines) is 1. The van der Waals surface area contributed by atoms with Gasteiger partial charge < -0.3 is 14.7 Å². The van der Waals surface area contributed by atoms with Crippen LogP contribution < -0.4 is 4.74 Å². The van der Waals surface area contributed by atoms with Crippen molar-refractivity contribution in [2.75, 3.05) is 20.2 Å². The van der Waals surface area contributed by atoms with Crippen molar-refractivity contribution in [3.63, 3.8) is 0 Å². The number of amides is 1. The number of piperidine rings is 1. The van der Waals surface area contributed by atoms with Crippen molar-refractivity contribution in [2.24, 2.45) is 5.92 Å². The fraction of sp³-hybridized carbons (Fsp3) is 0.300. The number of aromatic hydroxyl groups is 1. The molecule has 136 valence electrons. The molecule has 1 aliphatic rings. The van der Waals surface area contributed by atoms with E-state index in [0.717, 1.165) is 0 Å². The summed E-state index contributed by atoms with van der Waals surface area (Å²) in [4.78, 5) is 27.1. The Labute approximate surface area is 157 Å². The predicted molar refractivity (Wildman–Crippen MR) is 99.1 cm³/mol. The van der Waals surface area contributed by atoms with E-state index < -0.39 is 0 Å². The second-order valence-electron chi connectivity index (χ2n) is 6.32. The lowest BCUT2D eigenvalue weighted by molar-refractivity contribution is 0.0647. The normalized spacial score (nSPS) is 14.9. The maximum absolute atomic E-state index is 12.8. The molecule has 0 atom stereocenters. The molecule has 6 heteroatoms. The molecule has 0 spiro atoms. The van der Waals surface area contributed by atoms with Gasteiger partial charge in [-0.05, 0) is 55.3 Å². The van der Waals surface area contributed by atoms with Crippen LogP contribution in [-0.2, 0) is 0 Å². The van der Waals surface area contributed by atoms with Crippen LogP contribution in [-0.4, -0.2) is 41.9 Å². The van der Waals surface area contributed by atoms with Gasteiger partial charge in [0.15, 0.2) is 5.78 Å². The average molecular weight is 374 g/mol. The van der Waals surface area contributed by atoms with Crippen molar-refractivity contribution in [3.8, 4) is 11.5 Å². The van der Waals surface area contributed by atoms with Crippen molar-refractivity contribution in [1.82, 2.24) is 4.90 Å². The molecule has 5 nitrogen and oxygen atoms in total. The second-order valence-corrected chi connectivity index (χ2v) is 6.76. The molecule has 1 fully saturated rings. The van der Waals surface area contributed by atoms with E-state index in [4.69, 9.17) is 16.3 Å². The monoisotopic (exact) mass is 373 g/mol. The van der Waals surface area contributed by atoms with Crippen molar-refractivity contribution in [2.45, 2.75) is 12.8 Å². The summed E-state index contributed by atoms with van der Waals surface area (Å²) in [6, 6.07) is 11.2. The minimum Gasteiger partial charge on any atom is -0.508 e. The van der Waals surface area contributed by atoms with Crippen LogP contribution in [0.15, 0.2) is 42.5 Å². The Hall–Kier alpha value is -2.53. The number of carbonyl (C=O) groups excluding carboxylic acids is 2. The van der Waals surface area contributed by atoms with Crippen molar-refractivity contribution >= 4 is 23.3 Å². The Bertz CT molecular complexity index is 811. The molecule has 1 aliphatic heterocycles. The minimum atomic E-state index is -0.139. The Morgan fingerprint density at radius 2 is 1.77 bits per heavy atom. The molecule has 1 heterocycles. The SMILES string of the molecule is COc1ccc(Cl)cc1C(=O)N1CCC(C(=O)c2ccc(O)cc2)CC1. The number of rotatable bonds is 4. The highest BCUT2D eigenvalue weighted by molar-refractivity contribution is 6.31. The lowest BCUT2D eigenvalue weighted by Gasteiger charge is -2.31. The van der Waals surface area contributed by atoms with Crippen molar-refractivity contribution < 1.29 is 19.4 Å². The molecular weight excluding hydrogens is 354 g/mol. The van der Waals surface area contributed by atoms with Crippen molar-refractivity contribution in [1.29, 1.82) is 0 Å². The summed E-state index contributed by atoms with van der Waals surface area (Å²) in [6.07, 6.45) is 1.21. The van der Waals surface area contributed by atoms with E-state index in [2.05, 4.69) is 0 Å². The van der Waals surface area contributed by atoms with Gasteiger partial charge in [0.2, 0.25) is 0 Å². The van der Waals surface area contributed by atoms with Crippen LogP contribution in [0, 0.1) is 5.92 Å². The molecule has 2 aromatic carbocycles. The van der Waals surface area contributed by atoms with E-state index in [9.17, 15) is 14.7 Å². The average Bonchev–Trinajstić information content (AvgIpc) is 2.67. The molecule has 0 unspecified atom stereocenters. The predicted octanol–water partition coefficient (Wildman–Crippen LogP) is 3.79. The third-order valence-electron chi connectivity index (χ3n) is 4.70. The number of ether oxygens (including phenoxy) is 1. The van der Waals surface area contributed by atoms with E-state index in [-0.39, 0.29) is 23.4 Å². The quantitative estimate of drug-likeness (QED) is 0.828. The molecule has 0 radical (unpaired) electrons. The number of halogens is 1. The van der Waals surface area contributed by atoms with Crippen LogP contribution in [0.2, 0.25) is 5.02 Å². The lowest BCUT2D eigenvalue weighted by Crippen LogP contribution is -2.40. The largest absolute Gasteiger partial charge is 0.508 e. The number of hydrogen-bond acceptors (Lipinski definition) is 4. The third kappa shape index (κ3) is 3.83. The molecule has 0 saturated carbocycles. The summed E-state index contributed by atoms with van der Waals surface area (Å²) in [5, 5.41) is 9.82. The number of benzene rings is 2. The van der Waals surface area contributed by atoms with Gasteiger partial charge in [-0.15, -0.1) is 0 Å². The zero-order valence-electron chi connectivity index (χ0n) is 14.4. The molecule has 0 bridgehead atoms. The molecule has 0 aliphatic carbocycles. The van der Waals surface area contributed by atoms with E-state index in [1.54, 1.807) is 35.2 Å². The first-order valence-corrected chi connectivity index (χ1v) is 8.83. The fourth-order valence-corrected chi connectivity index (χ4v) is 3.40. The van der Waals surface area contributed by atoms with Gasteiger partial charge in [0.05, 0.1) is 12.7 Å². The van der Waals surface area contributed by atoms with E-state index in [0.29, 0.717) is 47.8 Å². The summed E-state index contributed by atoms with van der Waals surface area (Å²) in [6.45, 7) is 1.01. The first kappa shape index (κ1) is 18.3. The van der Waals surface area contributed by atoms with Crippen LogP contribution in [0.3, 0.4) is 0 Å². The van der Waals surface area contributed by atoms with Crippen molar-refractivity contribution in [3.05, 3.63) is 58.6 Å². The molecule has 0 aromatic heterocycles. The molecular formula is C20H20ClNO4. The third-order valence-corrected chi connectivity index (χ3v) is 4.93. The number of hydrogen-bond donors (Lipinski definition) is 1. The molecule has 1 amide bonds. The number of ketones is 1. The van der Waals surface area contributed by atoms with Gasteiger partial charge in [0, 0.05) is 29.6 Å². The van der Waals surface area contributed by atoms with Gasteiger partial charge in [-0.1, -0.05) is 11.6 Å². The summed E-state index contributed by atoms with van der Waals surface area (Å²) in [7, 11) is 1.52. The lowest BCUT2D eigenvalue weighted by atomic mass is 9.88. The number of nitrogens with zero attached hydrogens (tertiary/aromatic N) is 1. The summed E-state index contributed by atoms with van der Waals surface area (Å²) in [5.41, 5.74) is 1.02. The zero-order chi connectivity index (χ0) is 18.7. The van der Waals surface area contributed by atoms with Gasteiger partial charge in [-0.25, -0.2) is 0 Å². The maximum atomic E-state index is 12.8. The van der Waals surface area contributed by atoms with Gasteiger partial charge in [-0.3, -0.25) is 9.59 Å². The van der Waals surface area contributed by atoms with Crippen LogP contribution >= 0.6 is 11.6 Å². The minimum absolute atomic E-state index is 0.0532. The summed E-state index contributed by atoms with van der Waals surface area (Å²) >= 11 is 6.01. The number of phenolic OH excluding ortho intramolecular Hbond substituents is 1. The first-order valence-electron chi connectivity index (χ1n) is 8.45. The Morgan fingerprint density at radius 3 is 2.38 bits per heavy atom. The van der Waals surface area contributed by atoms with E-state index in [1.807, 2.05) is 0 Å². The van der Waals surface area contributed by atoms with Crippen LogP contribution in [0.1, 0.15) is 33.6 Å². The smallest absolute Gasteiger partial charge is 0.257 e. The second kappa shape index (κ2) is 7.79. The molecule has 26 heavy (non-hydrogen) atoms. The fourth-order valence-electron chi connectivity index (χ4n) is 3.22. The summed E-state index contributed by atoms with van der Waals surface area (Å²) < 4.78 is 5.26. The maximum Gasteiger partial charge on any atom is 0.257 e. The van der Waals surface area contributed by atoms with Gasteiger partial charge in [0.25, 0.3) is 5.91 Å². The Kier molecular flexibility index (Phi) is 5.47. The van der Waals surface area contributed by atoms with E-state index >= 15 is 0 Å². The standard InChI is InChI=1S/C20H20ClNO4/c1-26-18-7-4-15(21)12-17(18)20(25)22-10-8-14(9-11-22)19(24)13-2-5-16(23)6-3-13/h2-7,12,14,23H,8-11H2,1H3. The number of Topliss-reactive ketones (excluding diaryl/α,β-unsaturated/α-hetero) is 1. The van der Waals surface area contributed by atoms with E-state index in [1.165, 1.54) is 19.2 Å². The highest BCUT2D eigenvalue weighted by Gasteiger charge is 2.29. The zero-order valence-corrected chi connectivity index (χ0v) is 15.2. The van der Waals surface area contributed by atoms with Crippen LogP contribution in [0.5, 0.6) is 11.5 Å². The Morgan fingerprint density at radius 1 is 1.12 bits per heavy atom. The Balaban J connectivity index is 1.66. The van der Waals surface area contributed by atoms with Crippen LogP contribution in [0.4, 0.5) is 0 Å². The van der Waals surface area contributed by atoms with Gasteiger partial charge >= 0.3 is 0 Å². The summed E-state index contributed by atoms with van der Waals surface area (Å²) in [5.74, 6) is 0.418. The van der Waals surface area contributed by atoms with Crippen LogP contribution in [0.25, 0.3) is 0 Å². The van der Waals surface area contributed by atoms with Gasteiger partial charge in [-0.2, -0.15) is 0 Å². The highest BCUT2D eigenvalue weighted by Crippen LogP contribution is 2.27. The molecule has 1 N–H and O–H groups in total. The number of methoxy groups -OCH3 is 1. The highest BCUT2D eigenvalue weighted by atomic mass is 35.5. The molecule has 2 aromatic rings. The topological polar surface area (TPSA) is 66.8 Å². The van der Waals surface area contributed by atoms with Gasteiger partial charge in [0.1, 0.15) is 11.5 Å². The number of carbonyl (C=O) groups is 2. The molecule has 1 saturated heterocycles.